The molecule has 0 heterocycles. The first kappa shape index (κ1) is 16.1. The number of carbonyl (C=O) groups excluding carboxylic acids is 1. The van der Waals surface area contributed by atoms with Gasteiger partial charge in [0.25, 0.3) is 0 Å². The molecule has 2 aliphatic carbocycles. The number of nitrogens with one attached hydrogen (secondary N) is 2. The molecule has 0 aromatic heterocycles. The maximum absolute atomic E-state index is 12.1. The molecule has 120 valence electrons. The molecule has 2 atom stereocenters. The first-order valence-corrected chi connectivity index (χ1v) is 8.38. The molecule has 3 N–H and O–H groups in total. The minimum atomic E-state index is -0.703. The summed E-state index contributed by atoms with van der Waals surface area (Å²) in [6.07, 6.45) is 8.73. The van der Waals surface area contributed by atoms with Crippen molar-refractivity contribution in [3.8, 4) is 0 Å². The number of rotatable bonds is 4. The Hall–Kier alpha value is -1.26. The van der Waals surface area contributed by atoms with Crippen molar-refractivity contribution in [2.75, 3.05) is 0 Å². The zero-order chi connectivity index (χ0) is 15.2. The molecule has 2 rings (SSSR count). The van der Waals surface area contributed by atoms with E-state index in [0.29, 0.717) is 18.9 Å². The van der Waals surface area contributed by atoms with Crippen LogP contribution < -0.4 is 10.6 Å². The summed E-state index contributed by atoms with van der Waals surface area (Å²) in [5, 5.41) is 15.1. The fraction of sp³-hybridized carbons (Fsp3) is 0.875. The molecular formula is C16H28N2O3. The van der Waals surface area contributed by atoms with Gasteiger partial charge in [0.1, 0.15) is 0 Å². The van der Waals surface area contributed by atoms with Crippen LogP contribution in [0.15, 0.2) is 0 Å². The summed E-state index contributed by atoms with van der Waals surface area (Å²) < 4.78 is 0. The highest BCUT2D eigenvalue weighted by Crippen LogP contribution is 2.27. The molecule has 5 nitrogen and oxygen atoms in total. The molecule has 0 aliphatic heterocycles. The van der Waals surface area contributed by atoms with Crippen molar-refractivity contribution in [3.63, 3.8) is 0 Å². The van der Waals surface area contributed by atoms with Crippen LogP contribution in [0, 0.1) is 11.8 Å². The lowest BCUT2D eigenvalue weighted by Crippen LogP contribution is -2.48. The van der Waals surface area contributed by atoms with Crippen molar-refractivity contribution in [3.05, 3.63) is 0 Å². The lowest BCUT2D eigenvalue weighted by atomic mass is 9.84. The van der Waals surface area contributed by atoms with Crippen molar-refractivity contribution < 1.29 is 14.7 Å². The van der Waals surface area contributed by atoms with Gasteiger partial charge in [0.05, 0.1) is 5.92 Å². The van der Waals surface area contributed by atoms with Crippen LogP contribution in [0.25, 0.3) is 0 Å². The van der Waals surface area contributed by atoms with Crippen molar-refractivity contribution >= 4 is 12.0 Å². The van der Waals surface area contributed by atoms with Gasteiger partial charge in [-0.2, -0.15) is 0 Å². The van der Waals surface area contributed by atoms with E-state index in [9.17, 15) is 9.59 Å². The van der Waals surface area contributed by atoms with E-state index in [4.69, 9.17) is 5.11 Å². The van der Waals surface area contributed by atoms with E-state index in [1.54, 1.807) is 0 Å². The Morgan fingerprint density at radius 1 is 1.00 bits per heavy atom. The number of hydrogen-bond acceptors (Lipinski definition) is 2. The van der Waals surface area contributed by atoms with E-state index < -0.39 is 5.97 Å². The van der Waals surface area contributed by atoms with Crippen LogP contribution in [0.2, 0.25) is 0 Å². The number of carboxylic acid groups (broad SMARTS) is 1. The van der Waals surface area contributed by atoms with Gasteiger partial charge in [0.15, 0.2) is 0 Å². The van der Waals surface area contributed by atoms with E-state index in [0.717, 1.165) is 31.6 Å². The molecule has 0 aromatic carbocycles. The van der Waals surface area contributed by atoms with Gasteiger partial charge in [-0.3, -0.25) is 4.79 Å². The second-order valence-corrected chi connectivity index (χ2v) is 6.64. The summed E-state index contributed by atoms with van der Waals surface area (Å²) in [6.45, 7) is 2.22. The first-order valence-electron chi connectivity index (χ1n) is 8.38. The molecule has 2 amide bonds. The SMILES string of the molecule is CCC1CCCC(NC(=O)NC2CCC(C(=O)O)CC2)C1. The third kappa shape index (κ3) is 4.90. The fourth-order valence-electron chi connectivity index (χ4n) is 3.69. The highest BCUT2D eigenvalue weighted by molar-refractivity contribution is 5.74. The van der Waals surface area contributed by atoms with E-state index in [2.05, 4.69) is 17.6 Å². The van der Waals surface area contributed by atoms with Crippen LogP contribution >= 0.6 is 0 Å². The molecule has 0 bridgehead atoms. The van der Waals surface area contributed by atoms with Crippen molar-refractivity contribution in [2.24, 2.45) is 11.8 Å². The largest absolute Gasteiger partial charge is 0.481 e. The van der Waals surface area contributed by atoms with Gasteiger partial charge in [0, 0.05) is 12.1 Å². The van der Waals surface area contributed by atoms with E-state index in [-0.39, 0.29) is 18.0 Å². The molecule has 2 aliphatic rings. The number of hydrogen-bond donors (Lipinski definition) is 3. The predicted octanol–water partition coefficient (Wildman–Crippen LogP) is 2.90. The van der Waals surface area contributed by atoms with E-state index in [1.807, 2.05) is 0 Å². The number of amides is 2. The Morgan fingerprint density at radius 3 is 2.29 bits per heavy atom. The number of carboxylic acids is 1. The summed E-state index contributed by atoms with van der Waals surface area (Å²) in [5.74, 6) is -0.185. The third-order valence-corrected chi connectivity index (χ3v) is 5.11. The van der Waals surface area contributed by atoms with Gasteiger partial charge in [-0.05, 0) is 44.4 Å². The van der Waals surface area contributed by atoms with Crippen LogP contribution in [0.1, 0.15) is 64.7 Å². The average molecular weight is 296 g/mol. The van der Waals surface area contributed by atoms with Crippen LogP contribution in [0.5, 0.6) is 0 Å². The molecule has 2 fully saturated rings. The lowest BCUT2D eigenvalue weighted by molar-refractivity contribution is -0.142. The Morgan fingerprint density at radius 2 is 1.67 bits per heavy atom. The normalized spacial score (nSPS) is 33.2. The van der Waals surface area contributed by atoms with Crippen LogP contribution in [0.3, 0.4) is 0 Å². The van der Waals surface area contributed by atoms with Gasteiger partial charge < -0.3 is 15.7 Å². The Balaban J connectivity index is 1.69. The molecule has 0 aromatic rings. The number of carbonyl (C=O) groups is 2. The fourth-order valence-corrected chi connectivity index (χ4v) is 3.69. The highest BCUT2D eigenvalue weighted by Gasteiger charge is 2.27. The molecule has 5 heteroatoms. The number of aliphatic carboxylic acids is 1. The average Bonchev–Trinajstić information content (AvgIpc) is 2.47. The summed E-state index contributed by atoms with van der Waals surface area (Å²) in [4.78, 5) is 23.0. The Bertz CT molecular complexity index is 365. The molecule has 2 unspecified atom stereocenters. The quantitative estimate of drug-likeness (QED) is 0.746. The molecule has 0 spiro atoms. The Kier molecular flexibility index (Phi) is 5.88. The summed E-state index contributed by atoms with van der Waals surface area (Å²) in [5.41, 5.74) is 0. The maximum Gasteiger partial charge on any atom is 0.315 e. The second-order valence-electron chi connectivity index (χ2n) is 6.64. The topological polar surface area (TPSA) is 78.4 Å². The third-order valence-electron chi connectivity index (χ3n) is 5.11. The van der Waals surface area contributed by atoms with Gasteiger partial charge in [-0.15, -0.1) is 0 Å². The zero-order valence-corrected chi connectivity index (χ0v) is 12.9. The van der Waals surface area contributed by atoms with Gasteiger partial charge in [-0.1, -0.05) is 26.2 Å². The van der Waals surface area contributed by atoms with Gasteiger partial charge in [0.2, 0.25) is 0 Å². The predicted molar refractivity (Wildman–Crippen MR) is 81.1 cm³/mol. The highest BCUT2D eigenvalue weighted by atomic mass is 16.4. The molecular weight excluding hydrogens is 268 g/mol. The van der Waals surface area contributed by atoms with Crippen molar-refractivity contribution in [1.82, 2.24) is 10.6 Å². The zero-order valence-electron chi connectivity index (χ0n) is 12.9. The minimum Gasteiger partial charge on any atom is -0.481 e. The van der Waals surface area contributed by atoms with Gasteiger partial charge >= 0.3 is 12.0 Å². The second kappa shape index (κ2) is 7.66. The monoisotopic (exact) mass is 296 g/mol. The van der Waals surface area contributed by atoms with E-state index in [1.165, 1.54) is 19.3 Å². The van der Waals surface area contributed by atoms with E-state index >= 15 is 0 Å². The summed E-state index contributed by atoms with van der Waals surface area (Å²) >= 11 is 0. The number of urea groups is 1. The minimum absolute atomic E-state index is 0.0736. The molecule has 0 radical (unpaired) electrons. The first-order chi connectivity index (χ1) is 10.1. The van der Waals surface area contributed by atoms with Crippen molar-refractivity contribution in [2.45, 2.75) is 76.8 Å². The standard InChI is InChI=1S/C16H28N2O3/c1-2-11-4-3-5-14(10-11)18-16(21)17-13-8-6-12(7-9-13)15(19)20/h11-14H,2-10H2,1H3,(H,19,20)(H2,17,18,21). The molecule has 21 heavy (non-hydrogen) atoms. The smallest absolute Gasteiger partial charge is 0.315 e. The molecule has 2 saturated carbocycles. The summed E-state index contributed by atoms with van der Waals surface area (Å²) in [7, 11) is 0. The molecule has 0 saturated heterocycles. The lowest BCUT2D eigenvalue weighted by Gasteiger charge is -2.31. The summed E-state index contributed by atoms with van der Waals surface area (Å²) in [6, 6.07) is 0.362. The van der Waals surface area contributed by atoms with Crippen molar-refractivity contribution in [1.29, 1.82) is 0 Å². The van der Waals surface area contributed by atoms with Crippen LogP contribution in [-0.4, -0.2) is 29.2 Å². The van der Waals surface area contributed by atoms with Crippen LogP contribution in [-0.2, 0) is 4.79 Å². The Labute approximate surface area is 126 Å². The maximum atomic E-state index is 12.1. The van der Waals surface area contributed by atoms with Crippen LogP contribution in [0.4, 0.5) is 4.79 Å². The van der Waals surface area contributed by atoms with Gasteiger partial charge in [-0.25, -0.2) is 4.79 Å².